The number of imidazole rings is 1. The Morgan fingerprint density at radius 3 is 2.72 bits per heavy atom. The monoisotopic (exact) mass is 433 g/mol. The van der Waals surface area contributed by atoms with Gasteiger partial charge in [0.25, 0.3) is 5.91 Å². The standard InChI is InChI=1S/C21H23N5O.2ClH/c27-21(25-18-11-16-6-7-17(18)24-16)15-10-19-20(22-12-15)26(13-23-19)9-8-14-4-2-1-3-5-14;;/h1-5,10,12-13,16-18,24H,6-9,11H2,(H,25,27);2*1H/t16-,17+,18+;;/m1../s1. The molecule has 6 nitrogen and oxygen atoms in total. The number of hydrogen-bond donors (Lipinski definition) is 2. The van der Waals surface area contributed by atoms with Gasteiger partial charge in [0.15, 0.2) is 5.65 Å². The van der Waals surface area contributed by atoms with Gasteiger partial charge in [-0.15, -0.1) is 24.8 Å². The van der Waals surface area contributed by atoms with Crippen molar-refractivity contribution in [1.82, 2.24) is 25.2 Å². The molecule has 2 aliphatic rings. The summed E-state index contributed by atoms with van der Waals surface area (Å²) in [5, 5.41) is 6.72. The van der Waals surface area contributed by atoms with Crippen molar-refractivity contribution in [3.63, 3.8) is 0 Å². The van der Waals surface area contributed by atoms with Crippen LogP contribution >= 0.6 is 24.8 Å². The summed E-state index contributed by atoms with van der Waals surface area (Å²) < 4.78 is 2.05. The number of aromatic nitrogens is 3. The summed E-state index contributed by atoms with van der Waals surface area (Å²) in [6.45, 7) is 0.815. The summed E-state index contributed by atoms with van der Waals surface area (Å²) in [7, 11) is 0. The third-order valence-corrected chi connectivity index (χ3v) is 5.82. The second-order valence-corrected chi connectivity index (χ2v) is 7.60. The molecule has 0 spiro atoms. The van der Waals surface area contributed by atoms with Crippen LogP contribution in [0.3, 0.4) is 0 Å². The lowest BCUT2D eigenvalue weighted by Gasteiger charge is -2.21. The average molecular weight is 434 g/mol. The Balaban J connectivity index is 0.00000120. The van der Waals surface area contributed by atoms with Crippen LogP contribution in [0.15, 0.2) is 48.9 Å². The molecule has 0 aliphatic carbocycles. The van der Waals surface area contributed by atoms with Crippen LogP contribution in [0.5, 0.6) is 0 Å². The van der Waals surface area contributed by atoms with Gasteiger partial charge in [0.2, 0.25) is 0 Å². The van der Waals surface area contributed by atoms with E-state index in [0.29, 0.717) is 17.6 Å². The van der Waals surface area contributed by atoms with Crippen LogP contribution in [0.25, 0.3) is 11.2 Å². The van der Waals surface area contributed by atoms with Crippen LogP contribution in [0, 0.1) is 0 Å². The van der Waals surface area contributed by atoms with E-state index in [2.05, 4.69) is 44.9 Å². The number of amides is 1. The average Bonchev–Trinajstić information content (AvgIpc) is 3.42. The number of nitrogens with zero attached hydrogens (tertiary/aromatic N) is 3. The van der Waals surface area contributed by atoms with Crippen LogP contribution < -0.4 is 10.6 Å². The van der Waals surface area contributed by atoms with Gasteiger partial charge in [-0.3, -0.25) is 4.79 Å². The maximum absolute atomic E-state index is 12.6. The highest BCUT2D eigenvalue weighted by Crippen LogP contribution is 2.28. The highest BCUT2D eigenvalue weighted by atomic mass is 35.5. The fourth-order valence-electron chi connectivity index (χ4n) is 4.37. The summed E-state index contributed by atoms with van der Waals surface area (Å²) in [6.07, 6.45) is 7.80. The maximum atomic E-state index is 12.6. The Morgan fingerprint density at radius 2 is 2.00 bits per heavy atom. The highest BCUT2D eigenvalue weighted by molar-refractivity contribution is 5.96. The first-order valence-corrected chi connectivity index (χ1v) is 9.68. The largest absolute Gasteiger partial charge is 0.348 e. The molecule has 0 saturated carbocycles. The van der Waals surface area contributed by atoms with Gasteiger partial charge in [-0.1, -0.05) is 30.3 Å². The molecule has 8 heteroatoms. The topological polar surface area (TPSA) is 71.8 Å². The van der Waals surface area contributed by atoms with Crippen molar-refractivity contribution in [3.05, 3.63) is 60.0 Å². The van der Waals surface area contributed by atoms with Crippen LogP contribution in [-0.4, -0.2) is 38.6 Å². The summed E-state index contributed by atoms with van der Waals surface area (Å²) >= 11 is 0. The molecule has 1 aromatic carbocycles. The molecule has 2 bridgehead atoms. The molecule has 4 heterocycles. The molecule has 2 aliphatic heterocycles. The fourth-order valence-corrected chi connectivity index (χ4v) is 4.37. The smallest absolute Gasteiger partial charge is 0.253 e. The van der Waals surface area contributed by atoms with Gasteiger partial charge < -0.3 is 15.2 Å². The molecule has 1 amide bonds. The van der Waals surface area contributed by atoms with Gasteiger partial charge >= 0.3 is 0 Å². The van der Waals surface area contributed by atoms with E-state index in [-0.39, 0.29) is 36.8 Å². The molecule has 0 radical (unpaired) electrons. The number of hydrogen-bond acceptors (Lipinski definition) is 4. The van der Waals surface area contributed by atoms with E-state index < -0.39 is 0 Å². The lowest BCUT2D eigenvalue weighted by Crippen LogP contribution is -2.42. The van der Waals surface area contributed by atoms with Gasteiger partial charge in [0.1, 0.15) is 5.52 Å². The van der Waals surface area contributed by atoms with Crippen molar-refractivity contribution in [1.29, 1.82) is 0 Å². The minimum Gasteiger partial charge on any atom is -0.348 e. The second-order valence-electron chi connectivity index (χ2n) is 7.60. The molecular weight excluding hydrogens is 409 g/mol. The molecule has 2 saturated heterocycles. The van der Waals surface area contributed by atoms with E-state index in [9.17, 15) is 4.79 Å². The van der Waals surface area contributed by atoms with Gasteiger partial charge in [0.05, 0.1) is 11.9 Å². The van der Waals surface area contributed by atoms with Crippen molar-refractivity contribution in [2.75, 3.05) is 0 Å². The molecule has 3 aromatic rings. The van der Waals surface area contributed by atoms with Crippen molar-refractivity contribution < 1.29 is 4.79 Å². The predicted molar refractivity (Wildman–Crippen MR) is 118 cm³/mol. The van der Waals surface area contributed by atoms with Crippen LogP contribution in [0.4, 0.5) is 0 Å². The zero-order valence-electron chi connectivity index (χ0n) is 16.0. The summed E-state index contributed by atoms with van der Waals surface area (Å²) in [6, 6.07) is 13.4. The molecule has 5 rings (SSSR count). The van der Waals surface area contributed by atoms with Crippen LogP contribution in [0.2, 0.25) is 0 Å². The van der Waals surface area contributed by atoms with Gasteiger partial charge in [-0.05, 0) is 37.3 Å². The molecule has 154 valence electrons. The van der Waals surface area contributed by atoms with E-state index >= 15 is 0 Å². The zero-order chi connectivity index (χ0) is 18.2. The lowest BCUT2D eigenvalue weighted by molar-refractivity contribution is 0.0930. The Kier molecular flexibility index (Phi) is 6.77. The van der Waals surface area contributed by atoms with E-state index in [0.717, 1.165) is 37.0 Å². The van der Waals surface area contributed by atoms with Crippen molar-refractivity contribution in [2.24, 2.45) is 0 Å². The van der Waals surface area contributed by atoms with Gasteiger partial charge in [0, 0.05) is 30.9 Å². The third-order valence-electron chi connectivity index (χ3n) is 5.82. The number of carbonyl (C=O) groups excluding carboxylic acids is 1. The first kappa shape index (κ1) is 21.6. The summed E-state index contributed by atoms with van der Waals surface area (Å²) in [5.41, 5.74) is 3.46. The third kappa shape index (κ3) is 4.39. The molecule has 29 heavy (non-hydrogen) atoms. The highest BCUT2D eigenvalue weighted by Gasteiger charge is 2.39. The van der Waals surface area contributed by atoms with E-state index in [1.165, 1.54) is 12.0 Å². The zero-order valence-corrected chi connectivity index (χ0v) is 17.6. The minimum atomic E-state index is -0.0532. The van der Waals surface area contributed by atoms with Crippen LogP contribution in [0.1, 0.15) is 35.2 Å². The number of pyridine rings is 1. The van der Waals surface area contributed by atoms with Crippen molar-refractivity contribution in [3.8, 4) is 0 Å². The molecule has 2 fully saturated rings. The Bertz CT molecular complexity index is 978. The summed E-state index contributed by atoms with van der Waals surface area (Å²) in [5.74, 6) is -0.0532. The number of aryl methyl sites for hydroxylation is 2. The predicted octanol–water partition coefficient (Wildman–Crippen LogP) is 3.14. The van der Waals surface area contributed by atoms with Crippen LogP contribution in [-0.2, 0) is 13.0 Å². The van der Waals surface area contributed by atoms with Gasteiger partial charge in [-0.2, -0.15) is 0 Å². The molecular formula is C21H25Cl2N5O. The van der Waals surface area contributed by atoms with E-state index in [1.807, 2.05) is 23.0 Å². The SMILES string of the molecule is Cl.Cl.O=C(N[C@H]1C[C@H]2CC[C@@H]1N2)c1cnc2c(c1)ncn2CCc1ccccc1. The van der Waals surface area contributed by atoms with Crippen molar-refractivity contribution >= 4 is 41.9 Å². The first-order valence-electron chi connectivity index (χ1n) is 9.68. The van der Waals surface area contributed by atoms with E-state index in [4.69, 9.17) is 0 Å². The maximum Gasteiger partial charge on any atom is 0.253 e. The minimum absolute atomic E-state index is 0. The second kappa shape index (κ2) is 9.11. The normalized spacial score (nSPS) is 22.1. The molecule has 0 unspecified atom stereocenters. The number of nitrogens with one attached hydrogen (secondary N) is 2. The number of carbonyl (C=O) groups is 1. The Labute approximate surface area is 182 Å². The summed E-state index contributed by atoms with van der Waals surface area (Å²) in [4.78, 5) is 21.6. The fraction of sp³-hybridized carbons (Fsp3) is 0.381. The van der Waals surface area contributed by atoms with E-state index in [1.54, 1.807) is 6.20 Å². The Hall–Kier alpha value is -2.15. The first-order chi connectivity index (χ1) is 13.3. The number of fused-ring (bicyclic) bond motifs is 3. The van der Waals surface area contributed by atoms with Gasteiger partial charge in [-0.25, -0.2) is 9.97 Å². The van der Waals surface area contributed by atoms with Crippen molar-refractivity contribution in [2.45, 2.75) is 50.4 Å². The molecule has 2 aromatic heterocycles. The number of benzene rings is 1. The molecule has 2 N–H and O–H groups in total. The Morgan fingerprint density at radius 1 is 1.17 bits per heavy atom. The number of halogens is 2. The quantitative estimate of drug-likeness (QED) is 0.647. The number of rotatable bonds is 5. The molecule has 3 atom stereocenters. The lowest BCUT2D eigenvalue weighted by atomic mass is 9.95.